The van der Waals surface area contributed by atoms with Gasteiger partial charge < -0.3 is 9.84 Å². The van der Waals surface area contributed by atoms with Gasteiger partial charge in [-0.1, -0.05) is 12.1 Å². The van der Waals surface area contributed by atoms with Crippen molar-refractivity contribution in [1.29, 1.82) is 0 Å². The number of ether oxygens (including phenoxy) is 1. The molecule has 7 heteroatoms. The van der Waals surface area contributed by atoms with E-state index in [4.69, 9.17) is 0 Å². The van der Waals surface area contributed by atoms with Crippen LogP contribution >= 0.6 is 0 Å². The van der Waals surface area contributed by atoms with Crippen LogP contribution in [-0.2, 0) is 26.0 Å². The van der Waals surface area contributed by atoms with Crippen LogP contribution in [0.3, 0.4) is 0 Å². The molecule has 2 N–H and O–H groups in total. The van der Waals surface area contributed by atoms with Crippen molar-refractivity contribution in [2.75, 3.05) is 13.7 Å². The molecule has 2 rings (SSSR count). The van der Waals surface area contributed by atoms with Gasteiger partial charge in [0.05, 0.1) is 24.5 Å². The fourth-order valence-corrected chi connectivity index (χ4v) is 3.00. The number of aliphatic hydroxyl groups is 1. The molecule has 1 atom stereocenters. The highest BCUT2D eigenvalue weighted by Gasteiger charge is 2.30. The molecule has 0 aliphatic heterocycles. The van der Waals surface area contributed by atoms with E-state index in [1.807, 2.05) is 0 Å². The Bertz CT molecular complexity index is 592. The predicted molar refractivity (Wildman–Crippen MR) is 76.1 cm³/mol. The average Bonchev–Trinajstić information content (AvgIpc) is 3.30. The molecule has 1 aromatic carbocycles. The third kappa shape index (κ3) is 4.52. The number of carbonyl (C=O) groups is 1. The molecular weight excluding hydrogens is 294 g/mol. The summed E-state index contributed by atoms with van der Waals surface area (Å²) in [6, 6.07) is 6.01. The first-order valence-electron chi connectivity index (χ1n) is 6.76. The minimum absolute atomic E-state index is 0.0247. The minimum atomic E-state index is -3.64. The summed E-state index contributed by atoms with van der Waals surface area (Å²) in [5, 5.41) is 9.69. The fourth-order valence-electron chi connectivity index (χ4n) is 1.95. The lowest BCUT2D eigenvalue weighted by molar-refractivity contribution is -0.139. The van der Waals surface area contributed by atoms with Crippen molar-refractivity contribution in [3.05, 3.63) is 29.8 Å². The lowest BCUT2D eigenvalue weighted by Crippen LogP contribution is -2.33. The first kappa shape index (κ1) is 15.9. The standard InChI is InChI=1S/C14H19NO5S/c1-20-14(17)8-10-2-6-12(7-3-10)21(18,19)15-9-13(16)11-4-5-11/h2-3,6-7,11,13,15-16H,4-5,8-9H2,1H3. The molecule has 0 saturated heterocycles. The molecule has 1 aromatic rings. The normalized spacial score (nSPS) is 16.5. The Kier molecular flexibility index (Phi) is 4.97. The van der Waals surface area contributed by atoms with Gasteiger partial charge in [0.2, 0.25) is 10.0 Å². The molecule has 6 nitrogen and oxygen atoms in total. The predicted octanol–water partition coefficient (Wildman–Crippen LogP) is 0.451. The highest BCUT2D eigenvalue weighted by atomic mass is 32.2. The van der Waals surface area contributed by atoms with Crippen molar-refractivity contribution >= 4 is 16.0 Å². The topological polar surface area (TPSA) is 92.7 Å². The van der Waals surface area contributed by atoms with E-state index in [1.54, 1.807) is 12.1 Å². The first-order valence-corrected chi connectivity index (χ1v) is 8.24. The number of benzene rings is 1. The highest BCUT2D eigenvalue weighted by Crippen LogP contribution is 2.32. The third-order valence-electron chi connectivity index (χ3n) is 3.46. The Balaban J connectivity index is 1.97. The Morgan fingerprint density at radius 1 is 1.38 bits per heavy atom. The van der Waals surface area contributed by atoms with Crippen LogP contribution in [0, 0.1) is 5.92 Å². The summed E-state index contributed by atoms with van der Waals surface area (Å²) < 4.78 is 31.1. The Morgan fingerprint density at radius 3 is 2.52 bits per heavy atom. The Hall–Kier alpha value is -1.44. The van der Waals surface area contributed by atoms with Gasteiger partial charge >= 0.3 is 5.97 Å². The van der Waals surface area contributed by atoms with Crippen LogP contribution in [0.2, 0.25) is 0 Å². The largest absolute Gasteiger partial charge is 0.469 e. The van der Waals surface area contributed by atoms with Crippen LogP contribution in [0.25, 0.3) is 0 Å². The zero-order valence-corrected chi connectivity index (χ0v) is 12.6. The maximum Gasteiger partial charge on any atom is 0.309 e. The molecule has 0 aromatic heterocycles. The van der Waals surface area contributed by atoms with Crippen molar-refractivity contribution in [2.24, 2.45) is 5.92 Å². The molecule has 1 aliphatic rings. The summed E-state index contributed by atoms with van der Waals surface area (Å²) in [6.45, 7) is 0.0247. The molecule has 1 saturated carbocycles. The number of rotatable bonds is 7. The molecule has 0 bridgehead atoms. The molecule has 1 fully saturated rings. The van der Waals surface area contributed by atoms with Gasteiger partial charge in [0, 0.05) is 6.54 Å². The van der Waals surface area contributed by atoms with E-state index in [0.29, 0.717) is 5.56 Å². The van der Waals surface area contributed by atoms with Gasteiger partial charge in [0.15, 0.2) is 0 Å². The molecule has 21 heavy (non-hydrogen) atoms. The van der Waals surface area contributed by atoms with Gasteiger partial charge in [-0.15, -0.1) is 0 Å². The zero-order chi connectivity index (χ0) is 15.5. The summed E-state index contributed by atoms with van der Waals surface area (Å²) in [5.74, 6) is -0.161. The molecular formula is C14H19NO5S. The summed E-state index contributed by atoms with van der Waals surface area (Å²) in [4.78, 5) is 11.2. The number of sulfonamides is 1. The molecule has 116 valence electrons. The fraction of sp³-hybridized carbons (Fsp3) is 0.500. The van der Waals surface area contributed by atoms with Gasteiger partial charge in [0.25, 0.3) is 0 Å². The lowest BCUT2D eigenvalue weighted by atomic mass is 10.2. The van der Waals surface area contributed by atoms with E-state index in [2.05, 4.69) is 9.46 Å². The second kappa shape index (κ2) is 6.55. The summed E-state index contributed by atoms with van der Waals surface area (Å²) in [7, 11) is -2.34. The van der Waals surface area contributed by atoms with E-state index in [9.17, 15) is 18.3 Å². The number of nitrogens with one attached hydrogen (secondary N) is 1. The van der Waals surface area contributed by atoms with E-state index in [1.165, 1.54) is 19.2 Å². The minimum Gasteiger partial charge on any atom is -0.469 e. The number of methoxy groups -OCH3 is 1. The van der Waals surface area contributed by atoms with E-state index < -0.39 is 16.1 Å². The molecule has 1 unspecified atom stereocenters. The highest BCUT2D eigenvalue weighted by molar-refractivity contribution is 7.89. The van der Waals surface area contributed by atoms with E-state index in [0.717, 1.165) is 12.8 Å². The third-order valence-corrected chi connectivity index (χ3v) is 4.90. The Labute approximate surface area is 124 Å². The quantitative estimate of drug-likeness (QED) is 0.713. The van der Waals surface area contributed by atoms with Crippen molar-refractivity contribution in [3.8, 4) is 0 Å². The molecule has 0 radical (unpaired) electrons. The van der Waals surface area contributed by atoms with Gasteiger partial charge in [-0.3, -0.25) is 4.79 Å². The van der Waals surface area contributed by atoms with Gasteiger partial charge in [-0.2, -0.15) is 0 Å². The maximum absolute atomic E-state index is 12.1. The number of aliphatic hydroxyl groups excluding tert-OH is 1. The summed E-state index contributed by atoms with van der Waals surface area (Å²) in [5.41, 5.74) is 0.679. The van der Waals surface area contributed by atoms with Crippen LogP contribution in [0.15, 0.2) is 29.2 Å². The van der Waals surface area contributed by atoms with Crippen LogP contribution < -0.4 is 4.72 Å². The number of hydrogen-bond donors (Lipinski definition) is 2. The first-order chi connectivity index (χ1) is 9.92. The van der Waals surface area contributed by atoms with Crippen molar-refractivity contribution in [2.45, 2.75) is 30.3 Å². The summed E-state index contributed by atoms with van der Waals surface area (Å²) in [6.07, 6.45) is 1.37. The molecule has 0 spiro atoms. The second-order valence-electron chi connectivity index (χ2n) is 5.15. The van der Waals surface area contributed by atoms with Crippen molar-refractivity contribution < 1.29 is 23.1 Å². The van der Waals surface area contributed by atoms with E-state index >= 15 is 0 Å². The SMILES string of the molecule is COC(=O)Cc1ccc(S(=O)(=O)NCC(O)C2CC2)cc1. The van der Waals surface area contributed by atoms with Crippen LogP contribution in [0.4, 0.5) is 0 Å². The van der Waals surface area contributed by atoms with Gasteiger partial charge in [-0.05, 0) is 36.5 Å². The molecule has 1 aliphatic carbocycles. The summed E-state index contributed by atoms with van der Waals surface area (Å²) >= 11 is 0. The maximum atomic E-state index is 12.1. The zero-order valence-electron chi connectivity index (χ0n) is 11.8. The molecule has 0 heterocycles. The molecule has 0 amide bonds. The smallest absolute Gasteiger partial charge is 0.309 e. The van der Waals surface area contributed by atoms with Crippen LogP contribution in [-0.4, -0.2) is 39.3 Å². The van der Waals surface area contributed by atoms with E-state index in [-0.39, 0.29) is 29.7 Å². The van der Waals surface area contributed by atoms with Gasteiger partial charge in [-0.25, -0.2) is 13.1 Å². The number of hydrogen-bond acceptors (Lipinski definition) is 5. The Morgan fingerprint density at radius 2 is 2.00 bits per heavy atom. The monoisotopic (exact) mass is 313 g/mol. The number of esters is 1. The van der Waals surface area contributed by atoms with Crippen LogP contribution in [0.5, 0.6) is 0 Å². The average molecular weight is 313 g/mol. The number of carbonyl (C=O) groups excluding carboxylic acids is 1. The van der Waals surface area contributed by atoms with Crippen LogP contribution in [0.1, 0.15) is 18.4 Å². The van der Waals surface area contributed by atoms with Crippen molar-refractivity contribution in [1.82, 2.24) is 4.72 Å². The second-order valence-corrected chi connectivity index (χ2v) is 6.92. The van der Waals surface area contributed by atoms with Crippen molar-refractivity contribution in [3.63, 3.8) is 0 Å². The van der Waals surface area contributed by atoms with Gasteiger partial charge in [0.1, 0.15) is 0 Å². The lowest BCUT2D eigenvalue weighted by Gasteiger charge is -2.11.